The molecule has 0 N–H and O–H groups in total. The first kappa shape index (κ1) is 10.5. The number of aryl methyl sites for hydroxylation is 1. The lowest BCUT2D eigenvalue weighted by Gasteiger charge is -2.09. The van der Waals surface area contributed by atoms with Crippen molar-refractivity contribution in [1.82, 2.24) is 14.3 Å². The number of aromatic nitrogens is 3. The van der Waals surface area contributed by atoms with Gasteiger partial charge >= 0.3 is 5.69 Å². The number of rotatable bonds is 4. The fourth-order valence-electron chi connectivity index (χ4n) is 1.08. The lowest BCUT2D eigenvalue weighted by molar-refractivity contribution is 0.435. The molecule has 0 saturated carbocycles. The highest BCUT2D eigenvalue weighted by Gasteiger charge is 2.08. The van der Waals surface area contributed by atoms with Gasteiger partial charge in [-0.15, -0.1) is 0 Å². The van der Waals surface area contributed by atoms with E-state index in [1.54, 1.807) is 13.4 Å². The van der Waals surface area contributed by atoms with Crippen molar-refractivity contribution in [3.05, 3.63) is 16.8 Å². The molecular weight excluding hydrogens is 234 g/mol. The SMILES string of the molecule is CCC(CBr)Cn1ncn(C)c1=O. The maximum Gasteiger partial charge on any atom is 0.345 e. The normalized spacial score (nSPS) is 13.2. The smallest absolute Gasteiger partial charge is 0.285 e. The van der Waals surface area contributed by atoms with E-state index in [2.05, 4.69) is 28.0 Å². The maximum absolute atomic E-state index is 11.4. The Kier molecular flexibility index (Phi) is 3.71. The van der Waals surface area contributed by atoms with E-state index in [0.717, 1.165) is 11.8 Å². The Balaban J connectivity index is 2.73. The van der Waals surface area contributed by atoms with Gasteiger partial charge in [-0.05, 0) is 5.92 Å². The van der Waals surface area contributed by atoms with Crippen LogP contribution in [0.3, 0.4) is 0 Å². The monoisotopic (exact) mass is 247 g/mol. The zero-order valence-electron chi connectivity index (χ0n) is 7.90. The molecule has 0 aliphatic rings. The summed E-state index contributed by atoms with van der Waals surface area (Å²) in [6, 6.07) is 0. The molecule has 1 rings (SSSR count). The van der Waals surface area contributed by atoms with Crippen molar-refractivity contribution in [3.63, 3.8) is 0 Å². The molecule has 1 atom stereocenters. The molecule has 0 spiro atoms. The van der Waals surface area contributed by atoms with E-state index in [4.69, 9.17) is 0 Å². The minimum atomic E-state index is -0.0422. The number of halogens is 1. The molecule has 0 aromatic carbocycles. The van der Waals surface area contributed by atoms with E-state index in [0.29, 0.717) is 12.5 Å². The molecule has 0 radical (unpaired) electrons. The Morgan fingerprint density at radius 1 is 1.69 bits per heavy atom. The third kappa shape index (κ3) is 2.43. The molecule has 5 heteroatoms. The van der Waals surface area contributed by atoms with Gasteiger partial charge in [0.2, 0.25) is 0 Å². The molecule has 1 unspecified atom stereocenters. The van der Waals surface area contributed by atoms with Gasteiger partial charge in [0.15, 0.2) is 0 Å². The number of nitrogens with zero attached hydrogens (tertiary/aromatic N) is 3. The number of hydrogen-bond acceptors (Lipinski definition) is 2. The van der Waals surface area contributed by atoms with Crippen molar-refractivity contribution in [1.29, 1.82) is 0 Å². The second kappa shape index (κ2) is 4.60. The molecule has 1 aromatic heterocycles. The molecule has 0 saturated heterocycles. The Hall–Kier alpha value is -0.580. The molecule has 1 heterocycles. The number of alkyl halides is 1. The Morgan fingerprint density at radius 3 is 2.77 bits per heavy atom. The highest BCUT2D eigenvalue weighted by molar-refractivity contribution is 9.09. The van der Waals surface area contributed by atoms with Crippen molar-refractivity contribution < 1.29 is 0 Å². The first-order chi connectivity index (χ1) is 6.19. The van der Waals surface area contributed by atoms with Crippen LogP contribution in [0.25, 0.3) is 0 Å². The average molecular weight is 248 g/mol. The average Bonchev–Trinajstić information content (AvgIpc) is 2.45. The van der Waals surface area contributed by atoms with Crippen LogP contribution in [-0.4, -0.2) is 19.7 Å². The molecule has 13 heavy (non-hydrogen) atoms. The van der Waals surface area contributed by atoms with Crippen LogP contribution in [0.2, 0.25) is 0 Å². The van der Waals surface area contributed by atoms with Crippen LogP contribution in [0.1, 0.15) is 13.3 Å². The van der Waals surface area contributed by atoms with E-state index < -0.39 is 0 Å². The summed E-state index contributed by atoms with van der Waals surface area (Å²) in [5.74, 6) is 0.479. The molecular formula is C8H14BrN3O. The van der Waals surface area contributed by atoms with E-state index in [1.807, 2.05) is 0 Å². The zero-order chi connectivity index (χ0) is 9.84. The summed E-state index contributed by atoms with van der Waals surface area (Å²) in [4.78, 5) is 11.4. The molecule has 1 aromatic rings. The molecule has 0 bridgehead atoms. The van der Waals surface area contributed by atoms with Crippen LogP contribution in [0.5, 0.6) is 0 Å². The van der Waals surface area contributed by atoms with Crippen LogP contribution < -0.4 is 5.69 Å². The van der Waals surface area contributed by atoms with Gasteiger partial charge in [-0.1, -0.05) is 29.3 Å². The summed E-state index contributed by atoms with van der Waals surface area (Å²) in [5, 5.41) is 4.91. The van der Waals surface area contributed by atoms with E-state index >= 15 is 0 Å². The second-order valence-electron chi connectivity index (χ2n) is 3.14. The standard InChI is InChI=1S/C8H14BrN3O/c1-3-7(4-9)5-12-8(13)11(2)6-10-12/h6-7H,3-5H2,1-2H3. The fraction of sp³-hybridized carbons (Fsp3) is 0.750. The van der Waals surface area contributed by atoms with Crippen LogP contribution >= 0.6 is 15.9 Å². The lowest BCUT2D eigenvalue weighted by atomic mass is 10.1. The van der Waals surface area contributed by atoms with Crippen molar-refractivity contribution in [2.75, 3.05) is 5.33 Å². The largest absolute Gasteiger partial charge is 0.345 e. The van der Waals surface area contributed by atoms with Crippen molar-refractivity contribution >= 4 is 15.9 Å². The van der Waals surface area contributed by atoms with Gasteiger partial charge < -0.3 is 0 Å². The Bertz CT molecular complexity index is 313. The summed E-state index contributed by atoms with van der Waals surface area (Å²) in [6.45, 7) is 2.81. The Morgan fingerprint density at radius 2 is 2.38 bits per heavy atom. The molecule has 0 aliphatic heterocycles. The third-order valence-corrected chi connectivity index (χ3v) is 3.03. The van der Waals surface area contributed by atoms with E-state index in [9.17, 15) is 4.79 Å². The summed E-state index contributed by atoms with van der Waals surface area (Å²) in [5.41, 5.74) is -0.0422. The fourth-order valence-corrected chi connectivity index (χ4v) is 1.74. The Labute approximate surface area is 85.7 Å². The second-order valence-corrected chi connectivity index (χ2v) is 3.78. The maximum atomic E-state index is 11.4. The molecule has 4 nitrogen and oxygen atoms in total. The topological polar surface area (TPSA) is 39.8 Å². The van der Waals surface area contributed by atoms with Gasteiger partial charge in [0, 0.05) is 12.4 Å². The van der Waals surface area contributed by atoms with Gasteiger partial charge in [0.1, 0.15) is 6.33 Å². The third-order valence-electron chi connectivity index (χ3n) is 2.11. The molecule has 0 amide bonds. The quantitative estimate of drug-likeness (QED) is 0.746. The van der Waals surface area contributed by atoms with Gasteiger partial charge in [0.25, 0.3) is 0 Å². The van der Waals surface area contributed by atoms with E-state index in [1.165, 1.54) is 9.25 Å². The predicted molar refractivity (Wildman–Crippen MR) is 55.0 cm³/mol. The highest BCUT2D eigenvalue weighted by atomic mass is 79.9. The van der Waals surface area contributed by atoms with Crippen LogP contribution in [0.4, 0.5) is 0 Å². The van der Waals surface area contributed by atoms with Crippen molar-refractivity contribution in [2.24, 2.45) is 13.0 Å². The molecule has 0 fully saturated rings. The van der Waals surface area contributed by atoms with Gasteiger partial charge in [0.05, 0.1) is 6.54 Å². The summed E-state index contributed by atoms with van der Waals surface area (Å²) in [7, 11) is 1.71. The molecule has 0 aliphatic carbocycles. The highest BCUT2D eigenvalue weighted by Crippen LogP contribution is 2.07. The predicted octanol–water partition coefficient (Wildman–Crippen LogP) is 1.00. The van der Waals surface area contributed by atoms with Crippen LogP contribution in [0, 0.1) is 5.92 Å². The van der Waals surface area contributed by atoms with E-state index in [-0.39, 0.29) is 5.69 Å². The zero-order valence-corrected chi connectivity index (χ0v) is 9.49. The summed E-state index contributed by atoms with van der Waals surface area (Å²) >= 11 is 3.41. The first-order valence-electron chi connectivity index (χ1n) is 4.33. The lowest BCUT2D eigenvalue weighted by Crippen LogP contribution is -2.26. The summed E-state index contributed by atoms with van der Waals surface area (Å²) in [6.07, 6.45) is 2.59. The minimum absolute atomic E-state index is 0.0422. The van der Waals surface area contributed by atoms with Gasteiger partial charge in [-0.25, -0.2) is 9.48 Å². The van der Waals surface area contributed by atoms with Gasteiger partial charge in [-0.2, -0.15) is 5.10 Å². The van der Waals surface area contributed by atoms with Crippen molar-refractivity contribution in [2.45, 2.75) is 19.9 Å². The van der Waals surface area contributed by atoms with Crippen molar-refractivity contribution in [3.8, 4) is 0 Å². The van der Waals surface area contributed by atoms with Gasteiger partial charge in [-0.3, -0.25) is 4.57 Å². The molecule has 74 valence electrons. The van der Waals surface area contributed by atoms with Crippen LogP contribution in [-0.2, 0) is 13.6 Å². The first-order valence-corrected chi connectivity index (χ1v) is 5.45. The number of hydrogen-bond donors (Lipinski definition) is 0. The minimum Gasteiger partial charge on any atom is -0.285 e. The summed E-state index contributed by atoms with van der Waals surface area (Å²) < 4.78 is 3.00. The van der Waals surface area contributed by atoms with Crippen LogP contribution in [0.15, 0.2) is 11.1 Å².